The van der Waals surface area contributed by atoms with Crippen LogP contribution in [0.25, 0.3) is 0 Å². The highest BCUT2D eigenvalue weighted by Gasteiger charge is 2.32. The maximum Gasteiger partial charge on any atom is 0.336 e. The Kier molecular flexibility index (Phi) is 11.4. The second-order valence-corrected chi connectivity index (χ2v) is 12.8. The minimum Gasteiger partial charge on any atom is -0.459 e. The zero-order chi connectivity index (χ0) is 26.9. The van der Waals surface area contributed by atoms with Gasteiger partial charge in [0.25, 0.3) is 0 Å². The molecular weight excluding hydrogens is 468 g/mol. The number of benzene rings is 1. The van der Waals surface area contributed by atoms with Gasteiger partial charge in [0.2, 0.25) is 0 Å². The Morgan fingerprint density at radius 3 is 2.11 bits per heavy atom. The van der Waals surface area contributed by atoms with Gasteiger partial charge in [-0.25, -0.2) is 4.79 Å². The number of aryl methyl sites for hydroxylation is 1. The molecule has 0 spiro atoms. The normalized spacial score (nSPS) is 30.1. The van der Waals surface area contributed by atoms with Crippen LogP contribution in [0.2, 0.25) is 0 Å². The molecule has 3 aliphatic rings. The predicted octanol–water partition coefficient (Wildman–Crippen LogP) is 9.03. The molecule has 3 saturated carbocycles. The predicted molar refractivity (Wildman–Crippen MR) is 157 cm³/mol. The van der Waals surface area contributed by atoms with Crippen LogP contribution in [-0.2, 0) is 16.0 Å². The number of ether oxygens (including phenoxy) is 1. The summed E-state index contributed by atoms with van der Waals surface area (Å²) >= 11 is 0. The summed E-state index contributed by atoms with van der Waals surface area (Å²) in [6, 6.07) is 7.42. The smallest absolute Gasteiger partial charge is 0.336 e. The summed E-state index contributed by atoms with van der Waals surface area (Å²) in [5.74, 6) is 3.86. The maximum atomic E-state index is 12.0. The van der Waals surface area contributed by atoms with E-state index in [1.54, 1.807) is 5.56 Å². The summed E-state index contributed by atoms with van der Waals surface area (Å²) in [4.78, 5) is 12.0. The van der Waals surface area contributed by atoms with Gasteiger partial charge in [-0.3, -0.25) is 0 Å². The number of aliphatic hydroxyl groups is 1. The Morgan fingerprint density at radius 1 is 0.868 bits per heavy atom. The van der Waals surface area contributed by atoms with E-state index in [0.717, 1.165) is 55.8 Å². The van der Waals surface area contributed by atoms with E-state index in [9.17, 15) is 4.79 Å². The first-order valence-corrected chi connectivity index (χ1v) is 16.1. The number of hydrogen-bond donors (Lipinski definition) is 1. The molecule has 3 aliphatic carbocycles. The van der Waals surface area contributed by atoms with Crippen molar-refractivity contribution in [3.8, 4) is 0 Å². The van der Waals surface area contributed by atoms with Gasteiger partial charge in [-0.05, 0) is 117 Å². The van der Waals surface area contributed by atoms with E-state index in [1.807, 2.05) is 0 Å². The zero-order valence-corrected chi connectivity index (χ0v) is 24.4. The van der Waals surface area contributed by atoms with E-state index in [-0.39, 0.29) is 18.3 Å². The molecule has 0 aromatic heterocycles. The van der Waals surface area contributed by atoms with Crippen LogP contribution in [0, 0.1) is 17.8 Å². The van der Waals surface area contributed by atoms with Crippen molar-refractivity contribution in [3.63, 3.8) is 0 Å². The second kappa shape index (κ2) is 14.7. The van der Waals surface area contributed by atoms with Gasteiger partial charge in [-0.2, -0.15) is 0 Å². The van der Waals surface area contributed by atoms with E-state index < -0.39 is 5.97 Å². The van der Waals surface area contributed by atoms with Crippen LogP contribution in [0.5, 0.6) is 0 Å². The molecule has 0 atom stereocenters. The molecule has 1 N–H and O–H groups in total. The van der Waals surface area contributed by atoms with Gasteiger partial charge in [-0.15, -0.1) is 0 Å². The van der Waals surface area contributed by atoms with Crippen LogP contribution in [0.3, 0.4) is 0 Å². The van der Waals surface area contributed by atoms with Gasteiger partial charge in [0, 0.05) is 0 Å². The maximum absolute atomic E-state index is 12.0. The van der Waals surface area contributed by atoms with Crippen molar-refractivity contribution in [2.75, 3.05) is 6.61 Å². The summed E-state index contributed by atoms with van der Waals surface area (Å²) in [7, 11) is 0. The molecule has 0 radical (unpaired) electrons. The summed E-state index contributed by atoms with van der Waals surface area (Å²) in [5, 5.41) is 9.11. The first-order valence-electron chi connectivity index (χ1n) is 16.1. The van der Waals surface area contributed by atoms with Crippen molar-refractivity contribution in [3.05, 3.63) is 47.0 Å². The molecule has 0 heterocycles. The highest BCUT2D eigenvalue weighted by atomic mass is 16.5. The van der Waals surface area contributed by atoms with Gasteiger partial charge in [0.05, 0.1) is 12.2 Å². The summed E-state index contributed by atoms with van der Waals surface area (Å²) in [6.07, 6.45) is 22.3. The molecule has 212 valence electrons. The number of esters is 1. The monoisotopic (exact) mass is 522 g/mol. The average Bonchev–Trinajstić information content (AvgIpc) is 2.97. The van der Waals surface area contributed by atoms with Crippen LogP contribution in [0.4, 0.5) is 0 Å². The number of carbonyl (C=O) groups is 1. The molecule has 4 rings (SSSR count). The Morgan fingerprint density at radius 2 is 1.50 bits per heavy atom. The molecule has 0 aliphatic heterocycles. The van der Waals surface area contributed by atoms with E-state index >= 15 is 0 Å². The molecule has 38 heavy (non-hydrogen) atoms. The fourth-order valence-electron chi connectivity index (χ4n) is 7.93. The molecule has 1 aromatic rings. The number of carbonyl (C=O) groups excluding carboxylic acids is 1. The zero-order valence-electron chi connectivity index (χ0n) is 24.4. The van der Waals surface area contributed by atoms with Crippen molar-refractivity contribution in [1.82, 2.24) is 0 Å². The lowest BCUT2D eigenvalue weighted by Crippen LogP contribution is -2.26. The largest absolute Gasteiger partial charge is 0.459 e. The molecular formula is C35H54O3. The SMILES string of the molecule is C=C(CO)C(=O)OC1CCC(c2ccc(C3CCC(C4CCC(CCCCC)CC4)CC3)cc2CC)CC1. The molecule has 0 amide bonds. The standard InChI is InChI=1S/C35H54O3/c1-4-6-7-8-26-9-11-28(12-10-26)29-13-15-30(16-14-29)32-19-22-34(27(5-2)23-32)31-17-20-33(21-18-31)38-35(37)25(3)24-36/h19,22-23,26,28-31,33,36H,3-18,20-21,24H2,1-2H3. The highest BCUT2D eigenvalue weighted by Crippen LogP contribution is 2.45. The summed E-state index contributed by atoms with van der Waals surface area (Å²) in [6.45, 7) is 7.87. The number of hydrogen-bond acceptors (Lipinski definition) is 3. The van der Waals surface area contributed by atoms with Crippen LogP contribution in [0.15, 0.2) is 30.4 Å². The summed E-state index contributed by atoms with van der Waals surface area (Å²) < 4.78 is 5.56. The minimum absolute atomic E-state index is 0.0438. The van der Waals surface area contributed by atoms with Gasteiger partial charge >= 0.3 is 5.97 Å². The van der Waals surface area contributed by atoms with Gasteiger partial charge in [0.15, 0.2) is 0 Å². The second-order valence-electron chi connectivity index (χ2n) is 12.8. The third-order valence-corrected chi connectivity index (χ3v) is 10.4. The lowest BCUT2D eigenvalue weighted by atomic mass is 9.67. The number of rotatable bonds is 11. The van der Waals surface area contributed by atoms with Crippen LogP contribution < -0.4 is 0 Å². The van der Waals surface area contributed by atoms with E-state index in [1.165, 1.54) is 88.2 Å². The lowest BCUT2D eigenvalue weighted by molar-refractivity contribution is -0.146. The number of unbranched alkanes of at least 4 members (excludes halogenated alkanes) is 2. The molecule has 3 fully saturated rings. The van der Waals surface area contributed by atoms with Crippen molar-refractivity contribution < 1.29 is 14.6 Å². The first kappa shape index (κ1) is 29.4. The highest BCUT2D eigenvalue weighted by molar-refractivity contribution is 5.88. The fraction of sp³-hybridized carbons (Fsp3) is 0.743. The Bertz CT molecular complexity index is 880. The Balaban J connectivity index is 1.25. The van der Waals surface area contributed by atoms with Gasteiger partial charge in [0.1, 0.15) is 6.10 Å². The van der Waals surface area contributed by atoms with E-state index in [4.69, 9.17) is 9.84 Å². The van der Waals surface area contributed by atoms with Crippen LogP contribution >= 0.6 is 0 Å². The first-order chi connectivity index (χ1) is 18.5. The topological polar surface area (TPSA) is 46.5 Å². The summed E-state index contributed by atoms with van der Waals surface area (Å²) in [5.41, 5.74) is 4.77. The van der Waals surface area contributed by atoms with Gasteiger partial charge in [-0.1, -0.05) is 77.2 Å². The number of aliphatic hydroxyl groups excluding tert-OH is 1. The van der Waals surface area contributed by atoms with Gasteiger partial charge < -0.3 is 9.84 Å². The van der Waals surface area contributed by atoms with E-state index in [2.05, 4.69) is 38.6 Å². The van der Waals surface area contributed by atoms with Crippen molar-refractivity contribution in [2.24, 2.45) is 17.8 Å². The molecule has 0 bridgehead atoms. The minimum atomic E-state index is -0.445. The third kappa shape index (κ3) is 7.74. The molecule has 0 saturated heterocycles. The molecule has 3 nitrogen and oxygen atoms in total. The van der Waals surface area contributed by atoms with Crippen molar-refractivity contribution in [1.29, 1.82) is 0 Å². The molecule has 1 aromatic carbocycles. The van der Waals surface area contributed by atoms with E-state index in [0.29, 0.717) is 5.92 Å². The molecule has 3 heteroatoms. The quantitative estimate of drug-likeness (QED) is 0.179. The van der Waals surface area contributed by atoms with Crippen LogP contribution in [-0.4, -0.2) is 23.8 Å². The fourth-order valence-corrected chi connectivity index (χ4v) is 7.93. The van der Waals surface area contributed by atoms with Crippen molar-refractivity contribution in [2.45, 2.75) is 141 Å². The average molecular weight is 523 g/mol. The Labute approximate surface area is 232 Å². The Hall–Kier alpha value is -1.61. The van der Waals surface area contributed by atoms with Crippen LogP contribution in [0.1, 0.15) is 145 Å². The lowest BCUT2D eigenvalue weighted by Gasteiger charge is -2.38. The van der Waals surface area contributed by atoms with Crippen molar-refractivity contribution >= 4 is 5.97 Å². The molecule has 0 unspecified atom stereocenters. The third-order valence-electron chi connectivity index (χ3n) is 10.4.